The number of hydrogen-bond donors (Lipinski definition) is 1. The number of phenolic OH excluding ortho intramolecular Hbond substituents is 1. The van der Waals surface area contributed by atoms with Gasteiger partial charge in [-0.15, -0.1) is 0 Å². The molecule has 112 valence electrons. The van der Waals surface area contributed by atoms with E-state index in [1.165, 1.54) is 6.07 Å². The third kappa shape index (κ3) is 2.10. The van der Waals surface area contributed by atoms with E-state index in [2.05, 4.69) is 4.90 Å². The Hall–Kier alpha value is -2.53. The number of hydrogen-bond acceptors (Lipinski definition) is 5. The molecule has 0 spiro atoms. The summed E-state index contributed by atoms with van der Waals surface area (Å²) in [5.74, 6) is 0.0833. The molecule has 0 amide bonds. The molecule has 1 aliphatic heterocycles. The van der Waals surface area contributed by atoms with Crippen molar-refractivity contribution in [2.45, 2.75) is 0 Å². The molecule has 2 heterocycles. The number of anilines is 1. The van der Waals surface area contributed by atoms with Crippen molar-refractivity contribution in [3.63, 3.8) is 0 Å². The summed E-state index contributed by atoms with van der Waals surface area (Å²) in [6.45, 7) is 3.03. The van der Waals surface area contributed by atoms with Gasteiger partial charge in [0.15, 0.2) is 0 Å². The van der Waals surface area contributed by atoms with Crippen LogP contribution in [0.2, 0.25) is 0 Å². The Morgan fingerprint density at radius 2 is 1.73 bits per heavy atom. The molecule has 5 nitrogen and oxygen atoms in total. The van der Waals surface area contributed by atoms with Crippen LogP contribution in [0.4, 0.5) is 5.69 Å². The van der Waals surface area contributed by atoms with Crippen molar-refractivity contribution in [2.24, 2.45) is 0 Å². The van der Waals surface area contributed by atoms with Crippen molar-refractivity contribution in [1.82, 2.24) is 0 Å². The third-order valence-electron chi connectivity index (χ3n) is 4.06. The van der Waals surface area contributed by atoms with E-state index in [0.717, 1.165) is 29.5 Å². The van der Waals surface area contributed by atoms with Crippen molar-refractivity contribution in [3.05, 3.63) is 46.8 Å². The first kappa shape index (κ1) is 13.2. The Labute approximate surface area is 126 Å². The summed E-state index contributed by atoms with van der Waals surface area (Å²) in [5.41, 5.74) is 1.01. The maximum Gasteiger partial charge on any atom is 0.344 e. The fraction of sp³-hybridized carbons (Fsp3) is 0.235. The monoisotopic (exact) mass is 297 g/mol. The summed E-state index contributed by atoms with van der Waals surface area (Å²) in [4.78, 5) is 14.4. The van der Waals surface area contributed by atoms with Crippen LogP contribution >= 0.6 is 0 Å². The summed E-state index contributed by atoms with van der Waals surface area (Å²) in [6, 6.07) is 10.7. The lowest BCUT2D eigenvalue weighted by Gasteiger charge is -2.29. The van der Waals surface area contributed by atoms with Gasteiger partial charge in [-0.05, 0) is 24.3 Å². The Morgan fingerprint density at radius 3 is 2.55 bits per heavy atom. The third-order valence-corrected chi connectivity index (χ3v) is 4.06. The second kappa shape index (κ2) is 5.03. The minimum Gasteiger partial charge on any atom is -0.508 e. The lowest BCUT2D eigenvalue weighted by molar-refractivity contribution is 0.122. The number of ether oxygens (including phenoxy) is 1. The molecule has 3 aromatic rings. The first-order chi connectivity index (χ1) is 10.7. The van der Waals surface area contributed by atoms with E-state index in [9.17, 15) is 9.90 Å². The molecular formula is C17H15NO4. The van der Waals surface area contributed by atoms with Gasteiger partial charge in [-0.25, -0.2) is 4.79 Å². The quantitative estimate of drug-likeness (QED) is 0.552. The first-order valence-electron chi connectivity index (χ1n) is 7.25. The zero-order chi connectivity index (χ0) is 15.1. The number of fused-ring (bicyclic) bond motifs is 3. The molecule has 0 radical (unpaired) electrons. The van der Waals surface area contributed by atoms with E-state index in [1.807, 2.05) is 18.2 Å². The van der Waals surface area contributed by atoms with Crippen molar-refractivity contribution in [1.29, 1.82) is 0 Å². The second-order valence-corrected chi connectivity index (χ2v) is 5.40. The van der Waals surface area contributed by atoms with Gasteiger partial charge in [-0.1, -0.05) is 6.07 Å². The second-order valence-electron chi connectivity index (χ2n) is 5.40. The topological polar surface area (TPSA) is 62.9 Å². The van der Waals surface area contributed by atoms with Crippen molar-refractivity contribution >= 4 is 27.4 Å². The van der Waals surface area contributed by atoms with Crippen LogP contribution in [0, 0.1) is 0 Å². The van der Waals surface area contributed by atoms with E-state index in [1.54, 1.807) is 12.1 Å². The average molecular weight is 297 g/mol. The summed E-state index contributed by atoms with van der Waals surface area (Å²) in [6.07, 6.45) is 0. The molecule has 5 heteroatoms. The van der Waals surface area contributed by atoms with Gasteiger partial charge in [0.25, 0.3) is 0 Å². The fourth-order valence-electron chi connectivity index (χ4n) is 2.93. The smallest absolute Gasteiger partial charge is 0.344 e. The largest absolute Gasteiger partial charge is 0.508 e. The molecule has 1 aromatic heterocycles. The lowest BCUT2D eigenvalue weighted by Crippen LogP contribution is -2.36. The number of aromatic hydroxyl groups is 1. The highest BCUT2D eigenvalue weighted by atomic mass is 16.5. The summed E-state index contributed by atoms with van der Waals surface area (Å²) < 4.78 is 10.7. The van der Waals surface area contributed by atoms with Crippen molar-refractivity contribution < 1.29 is 14.3 Å². The summed E-state index contributed by atoms with van der Waals surface area (Å²) in [5, 5.41) is 11.7. The molecule has 0 bridgehead atoms. The molecule has 0 saturated carbocycles. The minimum atomic E-state index is -0.386. The Balaban J connectivity index is 1.93. The van der Waals surface area contributed by atoms with Crippen LogP contribution < -0.4 is 10.5 Å². The van der Waals surface area contributed by atoms with Gasteiger partial charge in [-0.2, -0.15) is 0 Å². The van der Waals surface area contributed by atoms with Gasteiger partial charge in [0.2, 0.25) is 0 Å². The predicted octanol–water partition coefficient (Wildman–Crippen LogP) is 2.49. The zero-order valence-corrected chi connectivity index (χ0v) is 11.9. The van der Waals surface area contributed by atoms with E-state index < -0.39 is 0 Å². The Morgan fingerprint density at radius 1 is 0.955 bits per heavy atom. The van der Waals surface area contributed by atoms with Crippen LogP contribution in [-0.2, 0) is 4.74 Å². The van der Waals surface area contributed by atoms with Gasteiger partial charge in [0, 0.05) is 35.6 Å². The van der Waals surface area contributed by atoms with E-state index in [0.29, 0.717) is 24.2 Å². The van der Waals surface area contributed by atoms with Gasteiger partial charge >= 0.3 is 5.63 Å². The predicted molar refractivity (Wildman–Crippen MR) is 84.7 cm³/mol. The normalized spacial score (nSPS) is 15.5. The molecule has 1 N–H and O–H groups in total. The number of nitrogens with zero attached hydrogens (tertiary/aromatic N) is 1. The highest BCUT2D eigenvalue weighted by Gasteiger charge is 2.14. The first-order valence-corrected chi connectivity index (χ1v) is 7.25. The number of benzene rings is 2. The zero-order valence-electron chi connectivity index (χ0n) is 11.9. The molecule has 0 atom stereocenters. The lowest BCUT2D eigenvalue weighted by atomic mass is 10.1. The molecule has 4 rings (SSSR count). The van der Waals surface area contributed by atoms with Crippen molar-refractivity contribution in [3.8, 4) is 5.75 Å². The molecule has 1 fully saturated rings. The Kier molecular flexibility index (Phi) is 3.01. The Bertz CT molecular complexity index is 910. The maximum absolute atomic E-state index is 12.2. The fourth-order valence-corrected chi connectivity index (χ4v) is 2.93. The van der Waals surface area contributed by atoms with Crippen LogP contribution in [0.3, 0.4) is 0 Å². The van der Waals surface area contributed by atoms with Gasteiger partial charge in [-0.3, -0.25) is 0 Å². The molecule has 2 aromatic carbocycles. The minimum absolute atomic E-state index is 0.0833. The van der Waals surface area contributed by atoms with E-state index in [-0.39, 0.29) is 11.4 Å². The van der Waals surface area contributed by atoms with Crippen LogP contribution in [0.15, 0.2) is 45.6 Å². The highest BCUT2D eigenvalue weighted by molar-refractivity contribution is 6.05. The maximum atomic E-state index is 12.2. The number of morpholine rings is 1. The SMILES string of the molecule is O=c1oc2cc(O)ccc2c2ccc(N3CCOCC3)cc12. The van der Waals surface area contributed by atoms with Crippen LogP contribution in [0.1, 0.15) is 0 Å². The van der Waals surface area contributed by atoms with Crippen LogP contribution in [0.5, 0.6) is 5.75 Å². The molecule has 1 saturated heterocycles. The van der Waals surface area contributed by atoms with Crippen LogP contribution in [-0.4, -0.2) is 31.4 Å². The average Bonchev–Trinajstić information content (AvgIpc) is 2.55. The van der Waals surface area contributed by atoms with E-state index in [4.69, 9.17) is 9.15 Å². The van der Waals surface area contributed by atoms with Gasteiger partial charge < -0.3 is 19.2 Å². The number of rotatable bonds is 1. The standard InChI is InChI=1S/C17H15NO4/c19-12-2-4-14-13-3-1-11(18-5-7-21-8-6-18)9-15(13)17(20)22-16(14)10-12/h1-4,9-10,19H,5-8H2. The van der Waals surface area contributed by atoms with Crippen molar-refractivity contribution in [2.75, 3.05) is 31.2 Å². The summed E-state index contributed by atoms with van der Waals surface area (Å²) in [7, 11) is 0. The number of phenols is 1. The highest BCUT2D eigenvalue weighted by Crippen LogP contribution is 2.28. The molecular weight excluding hydrogens is 282 g/mol. The molecule has 22 heavy (non-hydrogen) atoms. The van der Waals surface area contributed by atoms with E-state index >= 15 is 0 Å². The molecule has 0 aliphatic carbocycles. The molecule has 0 unspecified atom stereocenters. The summed E-state index contributed by atoms with van der Waals surface area (Å²) >= 11 is 0. The van der Waals surface area contributed by atoms with Crippen LogP contribution in [0.25, 0.3) is 21.7 Å². The molecule has 1 aliphatic rings. The van der Waals surface area contributed by atoms with Gasteiger partial charge in [0.1, 0.15) is 11.3 Å². The van der Waals surface area contributed by atoms with Gasteiger partial charge in [0.05, 0.1) is 18.6 Å².